The molecule has 20 heavy (non-hydrogen) atoms. The molecule has 0 atom stereocenters. The van der Waals surface area contributed by atoms with E-state index >= 15 is 0 Å². The molecule has 0 N–H and O–H groups in total. The van der Waals surface area contributed by atoms with E-state index in [1.54, 1.807) is 13.3 Å². The molecule has 0 aliphatic carbocycles. The number of pyridine rings is 1. The van der Waals surface area contributed by atoms with E-state index in [-0.39, 0.29) is 0 Å². The number of rotatable bonds is 5. The second-order valence-corrected chi connectivity index (χ2v) is 6.10. The Morgan fingerprint density at radius 1 is 1.35 bits per heavy atom. The van der Waals surface area contributed by atoms with E-state index in [1.165, 1.54) is 11.3 Å². The predicted octanol–water partition coefficient (Wildman–Crippen LogP) is 3.85. The van der Waals surface area contributed by atoms with Gasteiger partial charge < -0.3 is 9.30 Å². The maximum Gasteiger partial charge on any atom is 0.160 e. The molecule has 0 bridgehead atoms. The zero-order chi connectivity index (χ0) is 13.9. The van der Waals surface area contributed by atoms with Crippen LogP contribution < -0.4 is 0 Å². The van der Waals surface area contributed by atoms with Gasteiger partial charge in [0.2, 0.25) is 0 Å². The average molecular weight is 308 g/mol. The number of ether oxygens (including phenoxy) is 1. The van der Waals surface area contributed by atoms with Gasteiger partial charge in [0.05, 0.1) is 9.21 Å². The lowest BCUT2D eigenvalue weighted by Gasteiger charge is -2.06. The van der Waals surface area contributed by atoms with Gasteiger partial charge in [0.15, 0.2) is 11.5 Å². The molecule has 3 rings (SSSR count). The average Bonchev–Trinajstić information content (AvgIpc) is 3.03. The number of methoxy groups -OCH3 is 1. The standard InChI is InChI=1S/C14H14ClN3OS/c1-19-9-3-8-18-13-10(4-2-7-16-13)17-14(18)11-5-6-12(15)20-11/h2,4-7H,3,8-9H2,1H3. The molecule has 3 aromatic rings. The number of imidazole rings is 1. The summed E-state index contributed by atoms with van der Waals surface area (Å²) in [6, 6.07) is 7.78. The third-order valence-corrected chi connectivity index (χ3v) is 4.25. The Morgan fingerprint density at radius 3 is 3.00 bits per heavy atom. The lowest BCUT2D eigenvalue weighted by atomic mass is 10.4. The van der Waals surface area contributed by atoms with Crippen molar-refractivity contribution in [3.63, 3.8) is 0 Å². The summed E-state index contributed by atoms with van der Waals surface area (Å²) in [5.74, 6) is 0.923. The summed E-state index contributed by atoms with van der Waals surface area (Å²) >= 11 is 7.57. The Labute approximate surface area is 126 Å². The quantitative estimate of drug-likeness (QED) is 0.672. The molecule has 4 nitrogen and oxygen atoms in total. The maximum absolute atomic E-state index is 6.03. The van der Waals surface area contributed by atoms with Crippen LogP contribution in [0.5, 0.6) is 0 Å². The van der Waals surface area contributed by atoms with Gasteiger partial charge in [-0.1, -0.05) is 11.6 Å². The molecule has 0 fully saturated rings. The lowest BCUT2D eigenvalue weighted by molar-refractivity contribution is 0.191. The summed E-state index contributed by atoms with van der Waals surface area (Å²) in [5, 5.41) is 0. The van der Waals surface area contributed by atoms with Gasteiger partial charge in [-0.2, -0.15) is 0 Å². The normalized spacial score (nSPS) is 11.3. The van der Waals surface area contributed by atoms with E-state index in [9.17, 15) is 0 Å². The number of thiophene rings is 1. The van der Waals surface area contributed by atoms with Crippen molar-refractivity contribution < 1.29 is 4.74 Å². The highest BCUT2D eigenvalue weighted by Crippen LogP contribution is 2.32. The first-order valence-electron chi connectivity index (χ1n) is 6.35. The van der Waals surface area contributed by atoms with Crippen LogP contribution in [0.4, 0.5) is 0 Å². The SMILES string of the molecule is COCCCn1c(-c2ccc(Cl)s2)nc2cccnc21. The zero-order valence-corrected chi connectivity index (χ0v) is 12.6. The smallest absolute Gasteiger partial charge is 0.160 e. The van der Waals surface area contributed by atoms with Crippen LogP contribution in [0, 0.1) is 0 Å². The summed E-state index contributed by atoms with van der Waals surface area (Å²) in [4.78, 5) is 10.2. The number of fused-ring (bicyclic) bond motifs is 1. The zero-order valence-electron chi connectivity index (χ0n) is 11.0. The molecule has 3 heterocycles. The van der Waals surface area contributed by atoms with E-state index in [4.69, 9.17) is 16.3 Å². The molecule has 0 radical (unpaired) electrons. The van der Waals surface area contributed by atoms with Gasteiger partial charge in [0.1, 0.15) is 5.52 Å². The minimum Gasteiger partial charge on any atom is -0.385 e. The van der Waals surface area contributed by atoms with E-state index in [2.05, 4.69) is 14.5 Å². The highest BCUT2D eigenvalue weighted by molar-refractivity contribution is 7.19. The van der Waals surface area contributed by atoms with E-state index < -0.39 is 0 Å². The number of nitrogens with zero attached hydrogens (tertiary/aromatic N) is 3. The Morgan fingerprint density at radius 2 is 2.25 bits per heavy atom. The van der Waals surface area contributed by atoms with Crippen LogP contribution in [0.3, 0.4) is 0 Å². The van der Waals surface area contributed by atoms with Crippen molar-refractivity contribution in [2.75, 3.05) is 13.7 Å². The van der Waals surface area contributed by atoms with Crippen molar-refractivity contribution in [1.82, 2.24) is 14.5 Å². The van der Waals surface area contributed by atoms with E-state index in [1.807, 2.05) is 24.3 Å². The predicted molar refractivity (Wildman–Crippen MR) is 82.3 cm³/mol. The van der Waals surface area contributed by atoms with Crippen molar-refractivity contribution in [3.05, 3.63) is 34.8 Å². The molecule has 0 saturated carbocycles. The van der Waals surface area contributed by atoms with Gasteiger partial charge in [0.25, 0.3) is 0 Å². The van der Waals surface area contributed by atoms with E-state index in [0.717, 1.165) is 45.8 Å². The van der Waals surface area contributed by atoms with Crippen LogP contribution >= 0.6 is 22.9 Å². The van der Waals surface area contributed by atoms with Crippen molar-refractivity contribution >= 4 is 34.1 Å². The Balaban J connectivity index is 2.07. The van der Waals surface area contributed by atoms with Crippen LogP contribution in [0.25, 0.3) is 21.9 Å². The van der Waals surface area contributed by atoms with Crippen LogP contribution in [0.15, 0.2) is 30.5 Å². The van der Waals surface area contributed by atoms with Crippen LogP contribution in [0.2, 0.25) is 4.34 Å². The molecule has 3 aromatic heterocycles. The third kappa shape index (κ3) is 2.57. The molecule has 6 heteroatoms. The minimum atomic E-state index is 0.719. The monoisotopic (exact) mass is 307 g/mol. The molecule has 0 spiro atoms. The van der Waals surface area contributed by atoms with Gasteiger partial charge in [0, 0.05) is 26.5 Å². The molecule has 0 aromatic carbocycles. The number of halogens is 1. The Hall–Kier alpha value is -1.43. The summed E-state index contributed by atoms with van der Waals surface area (Å²) in [5.41, 5.74) is 1.81. The van der Waals surface area contributed by atoms with Gasteiger partial charge in [-0.15, -0.1) is 11.3 Å². The topological polar surface area (TPSA) is 39.9 Å². The van der Waals surface area contributed by atoms with E-state index in [0.29, 0.717) is 0 Å². The van der Waals surface area contributed by atoms with Gasteiger partial charge in [-0.05, 0) is 30.7 Å². The number of aryl methyl sites for hydroxylation is 1. The molecular weight excluding hydrogens is 294 g/mol. The highest BCUT2D eigenvalue weighted by Gasteiger charge is 2.14. The first-order chi connectivity index (χ1) is 9.79. The molecule has 0 unspecified atom stereocenters. The van der Waals surface area contributed by atoms with Crippen molar-refractivity contribution in [2.45, 2.75) is 13.0 Å². The molecule has 0 saturated heterocycles. The largest absolute Gasteiger partial charge is 0.385 e. The molecule has 0 amide bonds. The summed E-state index contributed by atoms with van der Waals surface area (Å²) < 4.78 is 8.03. The Bertz CT molecular complexity index is 722. The minimum absolute atomic E-state index is 0.719. The van der Waals surface area contributed by atoms with Crippen molar-refractivity contribution in [2.24, 2.45) is 0 Å². The number of aromatic nitrogens is 3. The van der Waals surface area contributed by atoms with Gasteiger partial charge in [-0.3, -0.25) is 0 Å². The highest BCUT2D eigenvalue weighted by atomic mass is 35.5. The molecule has 0 aliphatic rings. The molecular formula is C14H14ClN3OS. The fourth-order valence-electron chi connectivity index (χ4n) is 2.16. The van der Waals surface area contributed by atoms with Crippen LogP contribution in [-0.2, 0) is 11.3 Å². The van der Waals surface area contributed by atoms with Crippen molar-refractivity contribution in [1.29, 1.82) is 0 Å². The lowest BCUT2D eigenvalue weighted by Crippen LogP contribution is -2.03. The third-order valence-electron chi connectivity index (χ3n) is 3.03. The second-order valence-electron chi connectivity index (χ2n) is 4.38. The van der Waals surface area contributed by atoms with Gasteiger partial charge >= 0.3 is 0 Å². The summed E-state index contributed by atoms with van der Waals surface area (Å²) in [6.45, 7) is 1.54. The first kappa shape index (κ1) is 13.5. The molecule has 0 aliphatic heterocycles. The van der Waals surface area contributed by atoms with Crippen molar-refractivity contribution in [3.8, 4) is 10.7 Å². The maximum atomic E-state index is 6.03. The number of hydrogen-bond donors (Lipinski definition) is 0. The number of hydrogen-bond acceptors (Lipinski definition) is 4. The van der Waals surface area contributed by atoms with Crippen LogP contribution in [0.1, 0.15) is 6.42 Å². The van der Waals surface area contributed by atoms with Crippen LogP contribution in [-0.4, -0.2) is 28.3 Å². The Kier molecular flexibility index (Phi) is 4.00. The summed E-state index contributed by atoms with van der Waals surface area (Å²) in [6.07, 6.45) is 2.71. The van der Waals surface area contributed by atoms with Gasteiger partial charge in [-0.25, -0.2) is 9.97 Å². The second kappa shape index (κ2) is 5.91. The fourth-order valence-corrected chi connectivity index (χ4v) is 3.20. The first-order valence-corrected chi connectivity index (χ1v) is 7.55. The molecule has 104 valence electrons. The fraction of sp³-hybridized carbons (Fsp3) is 0.286. The summed E-state index contributed by atoms with van der Waals surface area (Å²) in [7, 11) is 1.71.